The first-order valence-corrected chi connectivity index (χ1v) is 13.5. The SMILES string of the molecule is CON=C(c1ccccc1)c1ccc2c(c1)SCC(=O)N2CCOc1ccc(CC(OCC(F)(F)F)C(=O)O)cc1. The number of anilines is 1. The molecule has 0 aliphatic carbocycles. The summed E-state index contributed by atoms with van der Waals surface area (Å²) >= 11 is 1.45. The number of carboxylic acid groups (broad SMARTS) is 1. The Bertz CT molecular complexity index is 1380. The van der Waals surface area contributed by atoms with Gasteiger partial charge in [-0.25, -0.2) is 4.79 Å². The lowest BCUT2D eigenvalue weighted by Gasteiger charge is -2.29. The lowest BCUT2D eigenvalue weighted by Crippen LogP contribution is -2.38. The van der Waals surface area contributed by atoms with Gasteiger partial charge >= 0.3 is 12.1 Å². The zero-order valence-electron chi connectivity index (χ0n) is 22.0. The molecule has 4 rings (SSSR count). The molecule has 3 aromatic rings. The van der Waals surface area contributed by atoms with Crippen molar-refractivity contribution in [1.82, 2.24) is 0 Å². The van der Waals surface area contributed by atoms with Gasteiger partial charge in [-0.15, -0.1) is 11.8 Å². The standard InChI is InChI=1S/C29H27F3N2O6S/c1-38-33-27(20-5-3-2-4-6-20)21-9-12-23-25(16-21)41-17-26(35)34(23)13-14-39-22-10-7-19(8-11-22)15-24(28(36)37)40-18-29(30,31)32/h2-12,16,24H,13-15,17-18H2,1H3,(H,36,37). The zero-order chi connectivity index (χ0) is 29.4. The van der Waals surface area contributed by atoms with E-state index in [0.29, 0.717) is 17.0 Å². The van der Waals surface area contributed by atoms with E-state index < -0.39 is 24.9 Å². The van der Waals surface area contributed by atoms with E-state index >= 15 is 0 Å². The second-order valence-electron chi connectivity index (χ2n) is 8.95. The number of hydrogen-bond donors (Lipinski definition) is 1. The summed E-state index contributed by atoms with van der Waals surface area (Å²) in [5.41, 5.74) is 3.66. The van der Waals surface area contributed by atoms with E-state index in [0.717, 1.165) is 21.7 Å². The summed E-state index contributed by atoms with van der Waals surface area (Å²) in [6.07, 6.45) is -6.48. The molecule has 1 aliphatic heterocycles. The number of ether oxygens (including phenoxy) is 2. The highest BCUT2D eigenvalue weighted by atomic mass is 32.2. The van der Waals surface area contributed by atoms with Crippen LogP contribution in [0.3, 0.4) is 0 Å². The molecule has 0 saturated heterocycles. The predicted molar refractivity (Wildman–Crippen MR) is 148 cm³/mol. The topological polar surface area (TPSA) is 97.7 Å². The molecule has 3 aromatic carbocycles. The highest BCUT2D eigenvalue weighted by Crippen LogP contribution is 2.36. The minimum Gasteiger partial charge on any atom is -0.492 e. The normalized spacial score (nSPS) is 14.4. The Balaban J connectivity index is 1.38. The molecule has 1 unspecified atom stereocenters. The number of benzene rings is 3. The van der Waals surface area contributed by atoms with Crippen molar-refractivity contribution in [2.75, 3.05) is 37.5 Å². The summed E-state index contributed by atoms with van der Waals surface area (Å²) in [6, 6.07) is 21.7. The molecular weight excluding hydrogens is 561 g/mol. The van der Waals surface area contributed by atoms with Gasteiger partial charge in [-0.1, -0.05) is 53.7 Å². The second-order valence-corrected chi connectivity index (χ2v) is 9.97. The second kappa shape index (κ2) is 13.6. The van der Waals surface area contributed by atoms with Crippen LogP contribution in [-0.4, -0.2) is 67.6 Å². The Kier molecular flexibility index (Phi) is 9.90. The van der Waals surface area contributed by atoms with Gasteiger partial charge in [0.25, 0.3) is 0 Å². The fraction of sp³-hybridized carbons (Fsp3) is 0.276. The maximum atomic E-state index is 12.7. The molecule has 216 valence electrons. The summed E-state index contributed by atoms with van der Waals surface area (Å²) in [7, 11) is 1.49. The number of oxime groups is 1. The lowest BCUT2D eigenvalue weighted by atomic mass is 10.0. The van der Waals surface area contributed by atoms with Crippen LogP contribution in [0.1, 0.15) is 16.7 Å². The van der Waals surface area contributed by atoms with Crippen LogP contribution in [0.2, 0.25) is 0 Å². The molecule has 0 saturated carbocycles. The van der Waals surface area contributed by atoms with Gasteiger partial charge in [0.05, 0.1) is 18.0 Å². The van der Waals surface area contributed by atoms with Gasteiger partial charge in [-0.3, -0.25) is 4.79 Å². The third kappa shape index (κ3) is 8.24. The molecule has 1 aliphatic rings. The fourth-order valence-corrected chi connectivity index (χ4v) is 5.13. The van der Waals surface area contributed by atoms with Gasteiger partial charge < -0.3 is 24.3 Å². The molecular formula is C29H27F3N2O6S. The molecule has 12 heteroatoms. The zero-order valence-corrected chi connectivity index (χ0v) is 22.8. The van der Waals surface area contributed by atoms with Crippen LogP contribution in [-0.2, 0) is 25.6 Å². The highest BCUT2D eigenvalue weighted by Gasteiger charge is 2.31. The number of nitrogens with zero attached hydrogens (tertiary/aromatic N) is 2. The predicted octanol–water partition coefficient (Wildman–Crippen LogP) is 5.18. The molecule has 0 fully saturated rings. The van der Waals surface area contributed by atoms with E-state index in [1.165, 1.54) is 18.9 Å². The van der Waals surface area contributed by atoms with Crippen LogP contribution < -0.4 is 9.64 Å². The van der Waals surface area contributed by atoms with Gasteiger partial charge in [-0.2, -0.15) is 13.2 Å². The van der Waals surface area contributed by atoms with E-state index in [1.54, 1.807) is 29.2 Å². The smallest absolute Gasteiger partial charge is 0.411 e. The Morgan fingerprint density at radius 1 is 1.07 bits per heavy atom. The van der Waals surface area contributed by atoms with E-state index in [2.05, 4.69) is 9.89 Å². The highest BCUT2D eigenvalue weighted by molar-refractivity contribution is 8.00. The summed E-state index contributed by atoms with van der Waals surface area (Å²) in [4.78, 5) is 31.7. The number of fused-ring (bicyclic) bond motifs is 1. The minimum absolute atomic E-state index is 0.0541. The van der Waals surface area contributed by atoms with Crippen LogP contribution in [0.4, 0.5) is 18.9 Å². The van der Waals surface area contributed by atoms with Crippen LogP contribution in [0.25, 0.3) is 0 Å². The largest absolute Gasteiger partial charge is 0.492 e. The van der Waals surface area contributed by atoms with Crippen molar-refractivity contribution >= 4 is 35.0 Å². The van der Waals surface area contributed by atoms with Gasteiger partial charge in [0.1, 0.15) is 31.8 Å². The van der Waals surface area contributed by atoms with Crippen LogP contribution in [0.15, 0.2) is 82.8 Å². The van der Waals surface area contributed by atoms with Crippen molar-refractivity contribution in [1.29, 1.82) is 0 Å². The van der Waals surface area contributed by atoms with E-state index in [-0.39, 0.29) is 31.2 Å². The Morgan fingerprint density at radius 3 is 2.46 bits per heavy atom. The Labute approximate surface area is 238 Å². The first-order valence-electron chi connectivity index (χ1n) is 12.5. The number of thioether (sulfide) groups is 1. The maximum absolute atomic E-state index is 12.7. The molecule has 1 atom stereocenters. The third-order valence-electron chi connectivity index (χ3n) is 6.06. The van der Waals surface area contributed by atoms with Crippen LogP contribution in [0, 0.1) is 0 Å². The fourth-order valence-electron chi connectivity index (χ4n) is 4.16. The third-order valence-corrected chi connectivity index (χ3v) is 7.09. The summed E-state index contributed by atoms with van der Waals surface area (Å²) in [5.74, 6) is -0.793. The summed E-state index contributed by atoms with van der Waals surface area (Å²) in [6.45, 7) is -1.17. The average Bonchev–Trinajstić information content (AvgIpc) is 2.95. The Morgan fingerprint density at radius 2 is 1.80 bits per heavy atom. The van der Waals surface area contributed by atoms with Crippen molar-refractivity contribution < 1.29 is 42.2 Å². The number of amides is 1. The minimum atomic E-state index is -4.62. The van der Waals surface area contributed by atoms with Crippen LogP contribution >= 0.6 is 11.8 Å². The number of alkyl halides is 3. The molecule has 1 heterocycles. The van der Waals surface area contributed by atoms with Crippen molar-refractivity contribution in [3.63, 3.8) is 0 Å². The van der Waals surface area contributed by atoms with Crippen molar-refractivity contribution in [2.24, 2.45) is 5.16 Å². The average molecular weight is 589 g/mol. The first kappa shape index (κ1) is 29.9. The number of rotatable bonds is 12. The Hall–Kier alpha value is -4.03. The molecule has 1 amide bonds. The molecule has 8 nitrogen and oxygen atoms in total. The molecule has 0 spiro atoms. The first-order chi connectivity index (χ1) is 19.6. The molecule has 0 aromatic heterocycles. The molecule has 41 heavy (non-hydrogen) atoms. The van der Waals surface area contributed by atoms with E-state index in [4.69, 9.17) is 9.57 Å². The van der Waals surface area contributed by atoms with Gasteiger partial charge in [-0.05, 0) is 29.8 Å². The van der Waals surface area contributed by atoms with Crippen LogP contribution in [0.5, 0.6) is 5.75 Å². The molecule has 1 N–H and O–H groups in total. The summed E-state index contributed by atoms with van der Waals surface area (Å²) < 4.78 is 47.5. The van der Waals surface area contributed by atoms with Crippen molar-refractivity contribution in [3.05, 3.63) is 89.5 Å². The number of carbonyl (C=O) groups is 2. The number of carboxylic acids is 1. The molecule has 0 bridgehead atoms. The van der Waals surface area contributed by atoms with Crippen molar-refractivity contribution in [3.8, 4) is 5.75 Å². The van der Waals surface area contributed by atoms with E-state index in [9.17, 15) is 27.9 Å². The van der Waals surface area contributed by atoms with Gasteiger partial charge in [0.2, 0.25) is 5.91 Å². The van der Waals surface area contributed by atoms with Crippen molar-refractivity contribution in [2.45, 2.75) is 23.6 Å². The number of carbonyl (C=O) groups excluding carboxylic acids is 1. The quantitative estimate of drug-likeness (QED) is 0.230. The number of aliphatic carboxylic acids is 1. The lowest BCUT2D eigenvalue weighted by molar-refractivity contribution is -0.192. The maximum Gasteiger partial charge on any atom is 0.411 e. The number of halogens is 3. The summed E-state index contributed by atoms with van der Waals surface area (Å²) in [5, 5.41) is 13.4. The van der Waals surface area contributed by atoms with Gasteiger partial charge in [0.15, 0.2) is 6.10 Å². The van der Waals surface area contributed by atoms with E-state index in [1.807, 2.05) is 48.5 Å². The monoisotopic (exact) mass is 588 g/mol. The van der Waals surface area contributed by atoms with Gasteiger partial charge in [0, 0.05) is 22.4 Å². The number of hydrogen-bond acceptors (Lipinski definition) is 7. The molecule has 0 radical (unpaired) electrons.